The molecule has 0 atom stereocenters. The number of aliphatic hydroxyl groups is 2. The molecule has 0 aliphatic heterocycles. The maximum atomic E-state index is 12.4. The van der Waals surface area contributed by atoms with Crippen LogP contribution in [0.2, 0.25) is 0 Å². The first-order valence-electron chi connectivity index (χ1n) is 6.02. The summed E-state index contributed by atoms with van der Waals surface area (Å²) in [6.45, 7) is -1.37. The van der Waals surface area contributed by atoms with Crippen molar-refractivity contribution < 1.29 is 23.4 Å². The molecule has 20 heavy (non-hydrogen) atoms. The summed E-state index contributed by atoms with van der Waals surface area (Å²) >= 11 is 1.33. The lowest BCUT2D eigenvalue weighted by molar-refractivity contribution is -0.147. The summed E-state index contributed by atoms with van der Waals surface area (Å²) in [5, 5.41) is 19.3. The maximum absolute atomic E-state index is 12.4. The Kier molecular flexibility index (Phi) is 7.02. The molecule has 3 nitrogen and oxygen atoms in total. The normalized spacial score (nSPS) is 11.5. The highest BCUT2D eigenvalue weighted by atomic mass is 32.1. The molecule has 7 heteroatoms. The lowest BCUT2D eigenvalue weighted by Gasteiger charge is -2.22. The smallest absolute Gasteiger partial charge is 0.395 e. The van der Waals surface area contributed by atoms with Gasteiger partial charge in [0.05, 0.1) is 19.8 Å². The van der Waals surface area contributed by atoms with Crippen LogP contribution >= 0.6 is 11.3 Å². The number of hydrogen-bond donors (Lipinski definition) is 2. The topological polar surface area (TPSA) is 43.7 Å². The molecule has 1 rings (SSSR count). The number of nitrogens with zero attached hydrogens (tertiary/aromatic N) is 1. The van der Waals surface area contributed by atoms with Crippen molar-refractivity contribution in [1.29, 1.82) is 0 Å². The highest BCUT2D eigenvalue weighted by Crippen LogP contribution is 2.22. The van der Waals surface area contributed by atoms with Crippen molar-refractivity contribution in [3.8, 4) is 11.8 Å². The van der Waals surface area contributed by atoms with Gasteiger partial charge in [-0.25, -0.2) is 0 Å². The van der Waals surface area contributed by atoms with Crippen molar-refractivity contribution in [3.63, 3.8) is 0 Å². The number of halogens is 3. The molecule has 0 aliphatic carbocycles. The van der Waals surface area contributed by atoms with Crippen LogP contribution in [0, 0.1) is 11.8 Å². The van der Waals surface area contributed by atoms with E-state index >= 15 is 0 Å². The third kappa shape index (κ3) is 6.39. The van der Waals surface area contributed by atoms with Crippen molar-refractivity contribution in [1.82, 2.24) is 4.90 Å². The first-order chi connectivity index (χ1) is 9.46. The Balaban J connectivity index is 2.74. The molecule has 0 fully saturated rings. The van der Waals surface area contributed by atoms with E-state index < -0.39 is 12.7 Å². The van der Waals surface area contributed by atoms with Crippen LogP contribution in [0.3, 0.4) is 0 Å². The van der Waals surface area contributed by atoms with Crippen LogP contribution < -0.4 is 0 Å². The fourth-order valence-electron chi connectivity index (χ4n) is 1.60. The van der Waals surface area contributed by atoms with Gasteiger partial charge >= 0.3 is 6.18 Å². The number of aliphatic hydroxyl groups excluding tert-OH is 2. The molecular formula is C13H16F3NO2S. The van der Waals surface area contributed by atoms with Crippen LogP contribution in [-0.4, -0.2) is 47.6 Å². The molecule has 0 saturated carbocycles. The van der Waals surface area contributed by atoms with Gasteiger partial charge in [-0.15, -0.1) is 11.3 Å². The molecule has 0 bridgehead atoms. The lowest BCUT2D eigenvalue weighted by Crippen LogP contribution is -2.35. The fourth-order valence-corrected chi connectivity index (χ4v) is 2.47. The second-order valence-corrected chi connectivity index (χ2v) is 5.08. The van der Waals surface area contributed by atoms with Crippen LogP contribution in [0.25, 0.3) is 0 Å². The quantitative estimate of drug-likeness (QED) is 0.788. The Morgan fingerprint density at radius 3 is 2.60 bits per heavy atom. The molecule has 0 unspecified atom stereocenters. The van der Waals surface area contributed by atoms with E-state index in [9.17, 15) is 13.2 Å². The van der Waals surface area contributed by atoms with Crippen molar-refractivity contribution in [3.05, 3.63) is 21.9 Å². The summed E-state index contributed by atoms with van der Waals surface area (Å²) in [6.07, 6.45) is -3.96. The molecular weight excluding hydrogens is 291 g/mol. The zero-order valence-corrected chi connectivity index (χ0v) is 11.6. The van der Waals surface area contributed by atoms with Gasteiger partial charge in [-0.1, -0.05) is 11.8 Å². The number of hydrogen-bond acceptors (Lipinski definition) is 4. The third-order valence-corrected chi connectivity index (χ3v) is 3.30. The zero-order valence-electron chi connectivity index (χ0n) is 10.8. The first-order valence-corrected chi connectivity index (χ1v) is 6.90. The molecule has 0 saturated heterocycles. The molecule has 2 N–H and O–H groups in total. The van der Waals surface area contributed by atoms with Gasteiger partial charge in [0.1, 0.15) is 0 Å². The van der Waals surface area contributed by atoms with Crippen molar-refractivity contribution in [2.24, 2.45) is 0 Å². The molecule has 0 radical (unpaired) electrons. The largest absolute Gasteiger partial charge is 0.401 e. The Hall–Kier alpha value is -1.07. The molecule has 0 spiro atoms. The highest BCUT2D eigenvalue weighted by Gasteiger charge is 2.30. The van der Waals surface area contributed by atoms with Gasteiger partial charge in [0, 0.05) is 30.0 Å². The minimum absolute atomic E-state index is 0.0408. The van der Waals surface area contributed by atoms with Gasteiger partial charge < -0.3 is 10.2 Å². The summed E-state index contributed by atoms with van der Waals surface area (Å²) in [6, 6.07) is 1.75. The van der Waals surface area contributed by atoms with Gasteiger partial charge in [-0.2, -0.15) is 13.2 Å². The van der Waals surface area contributed by atoms with E-state index in [1.165, 1.54) is 11.3 Å². The van der Waals surface area contributed by atoms with Crippen molar-refractivity contribution in [2.45, 2.75) is 19.1 Å². The molecule has 0 aromatic carbocycles. The second-order valence-electron chi connectivity index (χ2n) is 4.08. The minimum Gasteiger partial charge on any atom is -0.395 e. The van der Waals surface area contributed by atoms with Gasteiger partial charge in [-0.05, 0) is 11.4 Å². The Morgan fingerprint density at radius 1 is 1.25 bits per heavy atom. The monoisotopic (exact) mass is 307 g/mol. The number of rotatable bonds is 6. The third-order valence-electron chi connectivity index (χ3n) is 2.39. The average molecular weight is 307 g/mol. The van der Waals surface area contributed by atoms with Crippen LogP contribution in [0.15, 0.2) is 11.4 Å². The van der Waals surface area contributed by atoms with E-state index in [0.717, 1.165) is 9.78 Å². The number of thiophene rings is 1. The van der Waals surface area contributed by atoms with E-state index in [1.54, 1.807) is 11.4 Å². The maximum Gasteiger partial charge on any atom is 0.401 e. The van der Waals surface area contributed by atoms with E-state index in [-0.39, 0.29) is 26.3 Å². The standard InChI is InChI=1S/C13H16F3NO2S/c14-13(15,16)10-17(5-7-19)9-12-11(4-8-20-12)3-1-2-6-18/h4,8,18-19H,2,5-7,9-10H2. The molecule has 1 heterocycles. The summed E-state index contributed by atoms with van der Waals surface area (Å²) < 4.78 is 37.3. The first kappa shape index (κ1) is 17.0. The molecule has 1 aromatic heterocycles. The van der Waals surface area contributed by atoms with E-state index in [1.807, 2.05) is 0 Å². The molecule has 1 aromatic rings. The number of alkyl halides is 3. The van der Waals surface area contributed by atoms with Crippen LogP contribution in [0.5, 0.6) is 0 Å². The van der Waals surface area contributed by atoms with E-state index in [2.05, 4.69) is 11.8 Å². The Labute approximate surface area is 119 Å². The predicted molar refractivity (Wildman–Crippen MR) is 71.3 cm³/mol. The minimum atomic E-state index is -4.30. The molecule has 0 amide bonds. The van der Waals surface area contributed by atoms with Crippen LogP contribution in [-0.2, 0) is 6.54 Å². The van der Waals surface area contributed by atoms with Gasteiger partial charge in [0.2, 0.25) is 0 Å². The van der Waals surface area contributed by atoms with Gasteiger partial charge in [-0.3, -0.25) is 4.90 Å². The second kappa shape index (κ2) is 8.27. The average Bonchev–Trinajstić information content (AvgIpc) is 2.75. The SMILES string of the molecule is OCCC#Cc1ccsc1CN(CCO)CC(F)(F)F. The molecule has 112 valence electrons. The Morgan fingerprint density at radius 2 is 2.00 bits per heavy atom. The van der Waals surface area contributed by atoms with E-state index in [0.29, 0.717) is 12.0 Å². The van der Waals surface area contributed by atoms with E-state index in [4.69, 9.17) is 10.2 Å². The highest BCUT2D eigenvalue weighted by molar-refractivity contribution is 7.10. The summed E-state index contributed by atoms with van der Waals surface area (Å²) in [4.78, 5) is 1.87. The van der Waals surface area contributed by atoms with Gasteiger partial charge in [0.15, 0.2) is 0 Å². The van der Waals surface area contributed by atoms with Crippen LogP contribution in [0.1, 0.15) is 16.9 Å². The van der Waals surface area contributed by atoms with Crippen molar-refractivity contribution >= 4 is 11.3 Å². The Bertz CT molecular complexity index is 462. The summed E-state index contributed by atoms with van der Waals surface area (Å²) in [5.41, 5.74) is 0.675. The summed E-state index contributed by atoms with van der Waals surface area (Å²) in [7, 11) is 0. The van der Waals surface area contributed by atoms with Gasteiger partial charge in [0.25, 0.3) is 0 Å². The molecule has 0 aliphatic rings. The fraction of sp³-hybridized carbons (Fsp3) is 0.538. The van der Waals surface area contributed by atoms with Crippen molar-refractivity contribution in [2.75, 3.05) is 26.3 Å². The predicted octanol–water partition coefficient (Wildman–Crippen LogP) is 1.84. The summed E-state index contributed by atoms with van der Waals surface area (Å²) in [5.74, 6) is 5.58. The van der Waals surface area contributed by atoms with Crippen LogP contribution in [0.4, 0.5) is 13.2 Å². The lowest BCUT2D eigenvalue weighted by atomic mass is 10.2. The zero-order chi connectivity index (χ0) is 15.0.